The molecule has 0 saturated heterocycles. The van der Waals surface area contributed by atoms with E-state index in [0.717, 1.165) is 22.8 Å². The van der Waals surface area contributed by atoms with Gasteiger partial charge in [-0.2, -0.15) is 0 Å². The van der Waals surface area contributed by atoms with E-state index in [4.69, 9.17) is 16.3 Å². The van der Waals surface area contributed by atoms with Crippen LogP contribution in [0.2, 0.25) is 5.02 Å². The third-order valence-corrected chi connectivity index (χ3v) is 4.50. The average Bonchev–Trinajstić information content (AvgIpc) is 2.61. The lowest BCUT2D eigenvalue weighted by atomic mass is 10.1. The molecule has 1 heterocycles. The van der Waals surface area contributed by atoms with E-state index < -0.39 is 0 Å². The molecule has 3 heteroatoms. The molecule has 3 rings (SSSR count). The normalized spacial score (nSPS) is 13.0. The van der Waals surface area contributed by atoms with Gasteiger partial charge in [-0.3, -0.25) is 0 Å². The van der Waals surface area contributed by atoms with Gasteiger partial charge >= 0.3 is 0 Å². The Morgan fingerprint density at radius 2 is 2.00 bits per heavy atom. The molecule has 1 aliphatic heterocycles. The zero-order chi connectivity index (χ0) is 13.9. The Bertz CT molecular complexity index is 673. The van der Waals surface area contributed by atoms with E-state index >= 15 is 0 Å². The third-order valence-electron chi connectivity index (χ3n) is 3.09. The molecule has 0 aliphatic carbocycles. The van der Waals surface area contributed by atoms with E-state index in [2.05, 4.69) is 43.3 Å². The van der Waals surface area contributed by atoms with Crippen molar-refractivity contribution in [3.05, 3.63) is 58.6 Å². The zero-order valence-electron chi connectivity index (χ0n) is 11.2. The Morgan fingerprint density at radius 1 is 1.15 bits per heavy atom. The van der Waals surface area contributed by atoms with Gasteiger partial charge in [-0.25, -0.2) is 0 Å². The van der Waals surface area contributed by atoms with Crippen molar-refractivity contribution in [2.24, 2.45) is 0 Å². The summed E-state index contributed by atoms with van der Waals surface area (Å²) in [7, 11) is 0. The predicted octanol–water partition coefficient (Wildman–Crippen LogP) is 6.22. The first-order chi connectivity index (χ1) is 9.78. The summed E-state index contributed by atoms with van der Waals surface area (Å²) in [6.45, 7) is 2.82. The maximum atomic E-state index is 6.15. The summed E-state index contributed by atoms with van der Waals surface area (Å²) in [5.41, 5.74) is 2.27. The highest BCUT2D eigenvalue weighted by molar-refractivity contribution is 7.99. The Kier molecular flexibility index (Phi) is 4.04. The summed E-state index contributed by atoms with van der Waals surface area (Å²) in [5.74, 6) is 0.904. The molecule has 0 fully saturated rings. The van der Waals surface area contributed by atoms with Gasteiger partial charge in [-0.15, -0.1) is 0 Å². The van der Waals surface area contributed by atoms with Crippen LogP contribution in [0.15, 0.2) is 52.3 Å². The van der Waals surface area contributed by atoms with E-state index in [9.17, 15) is 0 Å². The second-order valence-electron chi connectivity index (χ2n) is 4.64. The molecule has 0 spiro atoms. The molecule has 0 aromatic heterocycles. The van der Waals surface area contributed by atoms with Crippen molar-refractivity contribution >= 4 is 35.2 Å². The van der Waals surface area contributed by atoms with Gasteiger partial charge in [0.2, 0.25) is 0 Å². The van der Waals surface area contributed by atoms with E-state index in [1.165, 1.54) is 15.4 Å². The summed E-state index contributed by atoms with van der Waals surface area (Å²) in [5, 5.41) is 0.737. The Balaban J connectivity index is 0.00000121. The molecule has 1 aliphatic rings. The molecular weight excluding hydrogens is 288 g/mol. The maximum Gasteiger partial charge on any atom is 0.128 e. The monoisotopic (exact) mass is 306 g/mol. The molecule has 20 heavy (non-hydrogen) atoms. The molecule has 1 nitrogen and oxygen atoms in total. The van der Waals surface area contributed by atoms with Gasteiger partial charge in [0.25, 0.3) is 0 Å². The number of hydrogen-bond acceptors (Lipinski definition) is 2. The molecule has 0 N–H and O–H groups in total. The van der Waals surface area contributed by atoms with Gasteiger partial charge in [-0.1, -0.05) is 48.5 Å². The molecule has 0 saturated carbocycles. The lowest BCUT2D eigenvalue weighted by Gasteiger charge is -2.12. The van der Waals surface area contributed by atoms with Crippen LogP contribution in [-0.2, 0) is 4.74 Å². The van der Waals surface area contributed by atoms with Crippen LogP contribution in [0, 0.1) is 0 Å². The van der Waals surface area contributed by atoms with E-state index in [1.54, 1.807) is 11.8 Å². The molecule has 2 aromatic carbocycles. The molecule has 0 atom stereocenters. The SMILES string of the molecule is CCCOC1=Cc2ccccc2Sc2ccc(Cl)cc21.[HH].[HH]. The Morgan fingerprint density at radius 3 is 2.85 bits per heavy atom. The van der Waals surface area contributed by atoms with Gasteiger partial charge < -0.3 is 4.74 Å². The van der Waals surface area contributed by atoms with Crippen molar-refractivity contribution in [1.29, 1.82) is 0 Å². The average molecular weight is 307 g/mol. The van der Waals surface area contributed by atoms with Crippen LogP contribution in [-0.4, -0.2) is 6.61 Å². The smallest absolute Gasteiger partial charge is 0.128 e. The second-order valence-corrected chi connectivity index (χ2v) is 6.16. The maximum absolute atomic E-state index is 6.15. The summed E-state index contributed by atoms with van der Waals surface area (Å²) in [4.78, 5) is 2.42. The number of benzene rings is 2. The molecule has 0 bridgehead atoms. The number of rotatable bonds is 3. The zero-order valence-corrected chi connectivity index (χ0v) is 12.8. The summed E-state index contributed by atoms with van der Waals surface area (Å²) in [6.07, 6.45) is 3.10. The lowest BCUT2D eigenvalue weighted by Crippen LogP contribution is -1.94. The largest absolute Gasteiger partial charge is 0.493 e. The van der Waals surface area contributed by atoms with Crippen molar-refractivity contribution in [3.63, 3.8) is 0 Å². The van der Waals surface area contributed by atoms with Crippen LogP contribution in [0.1, 0.15) is 27.3 Å². The fraction of sp³-hybridized carbons (Fsp3) is 0.176. The van der Waals surface area contributed by atoms with Gasteiger partial charge in [0.05, 0.1) is 6.61 Å². The van der Waals surface area contributed by atoms with E-state index in [1.807, 2.05) is 12.1 Å². The minimum absolute atomic E-state index is 0. The van der Waals surface area contributed by atoms with Gasteiger partial charge in [-0.05, 0) is 42.3 Å². The lowest BCUT2D eigenvalue weighted by molar-refractivity contribution is 0.278. The molecule has 0 amide bonds. The number of halogens is 1. The minimum atomic E-state index is 0. The van der Waals surface area contributed by atoms with Gasteiger partial charge in [0, 0.05) is 23.2 Å². The van der Waals surface area contributed by atoms with Gasteiger partial charge in [0.15, 0.2) is 0 Å². The van der Waals surface area contributed by atoms with Crippen LogP contribution >= 0.6 is 23.4 Å². The van der Waals surface area contributed by atoms with E-state index in [-0.39, 0.29) is 2.85 Å². The first kappa shape index (κ1) is 13.6. The quantitative estimate of drug-likeness (QED) is 0.665. The third kappa shape index (κ3) is 2.72. The van der Waals surface area contributed by atoms with Crippen molar-refractivity contribution in [1.82, 2.24) is 0 Å². The first-order valence-corrected chi connectivity index (χ1v) is 7.88. The second kappa shape index (κ2) is 5.94. The van der Waals surface area contributed by atoms with Crippen LogP contribution in [0.3, 0.4) is 0 Å². The molecule has 0 unspecified atom stereocenters. The Hall–Kier alpha value is -1.38. The van der Waals surface area contributed by atoms with Crippen molar-refractivity contribution in [2.75, 3.05) is 6.61 Å². The van der Waals surface area contributed by atoms with Crippen molar-refractivity contribution in [2.45, 2.75) is 23.1 Å². The number of fused-ring (bicyclic) bond motifs is 2. The molecule has 106 valence electrons. The van der Waals surface area contributed by atoms with Crippen LogP contribution in [0.25, 0.3) is 11.8 Å². The topological polar surface area (TPSA) is 9.23 Å². The molecular formula is C17H19ClOS. The standard InChI is InChI=1S/C17H15ClOS.2H2/c1-2-9-19-15-10-12-5-3-4-6-16(12)20-17-8-7-13(18)11-14(15)17;;/h3-8,10-11H,2,9H2,1H3;2*1H. The van der Waals surface area contributed by atoms with E-state index in [0.29, 0.717) is 6.61 Å². The summed E-state index contributed by atoms with van der Waals surface area (Å²) >= 11 is 7.91. The minimum Gasteiger partial charge on any atom is -0.493 e. The summed E-state index contributed by atoms with van der Waals surface area (Å²) in [6, 6.07) is 14.3. The van der Waals surface area contributed by atoms with Gasteiger partial charge in [0.1, 0.15) is 5.76 Å². The fourth-order valence-electron chi connectivity index (χ4n) is 2.15. The number of hydrogen-bond donors (Lipinski definition) is 0. The predicted molar refractivity (Wildman–Crippen MR) is 90.4 cm³/mol. The molecule has 2 aromatic rings. The first-order valence-electron chi connectivity index (χ1n) is 6.69. The van der Waals surface area contributed by atoms with Crippen LogP contribution in [0.4, 0.5) is 0 Å². The Labute approximate surface area is 131 Å². The highest BCUT2D eigenvalue weighted by Crippen LogP contribution is 2.41. The fourth-order valence-corrected chi connectivity index (χ4v) is 3.35. The van der Waals surface area contributed by atoms with Crippen LogP contribution < -0.4 is 0 Å². The highest BCUT2D eigenvalue weighted by Gasteiger charge is 2.17. The summed E-state index contributed by atoms with van der Waals surface area (Å²) < 4.78 is 5.94. The number of ether oxygens (including phenoxy) is 1. The highest BCUT2D eigenvalue weighted by atomic mass is 35.5. The van der Waals surface area contributed by atoms with Crippen molar-refractivity contribution < 1.29 is 7.59 Å². The van der Waals surface area contributed by atoms with Crippen LogP contribution in [0.5, 0.6) is 0 Å². The molecule has 0 radical (unpaired) electrons. The van der Waals surface area contributed by atoms with Crippen molar-refractivity contribution in [3.8, 4) is 0 Å².